The smallest absolute Gasteiger partial charge is 0.423 e. The van der Waals surface area contributed by atoms with Crippen LogP contribution in [-0.4, -0.2) is 119 Å². The number of hydrogen-bond acceptors (Lipinski definition) is 11. The molecule has 3 saturated heterocycles. The molecular formula is C31H40B2N2O11. The molecule has 4 atom stereocenters. The molecule has 7 rings (SSSR count). The van der Waals surface area contributed by atoms with Crippen LogP contribution in [0, 0.1) is 11.8 Å². The Kier molecular flexibility index (Phi) is 11.3. The standard InChI is InChI=1S/C13H12BNO4.C11H13NO5.C6H7BO2.CH4.2H2/c16-12-6-7-13(17)15(12)11-8-18-14(19-9-11)10-4-2-1-3-5-10;13-3-5(4-14)12-10(15)8-6-1-2-7(17-6)9(8)11(12)16;8-7(9)6-4-2-1-3-5-6;;;/h1-7,11H,8-9H2;1-2,5-9,13-14H,3-4H2;1-5,8-9H;1H4;2*1H/i;;;;1+1D;1+1. The summed E-state index contributed by atoms with van der Waals surface area (Å²) in [6.07, 6.45) is 5.48. The number of carbonyl (C=O) groups excluding carboxylic acids is 4. The molecule has 15 heteroatoms. The molecule has 0 spiro atoms. The Bertz CT molecular complexity index is 1400. The molecule has 2 aromatic rings. The topological polar surface area (TPSA) is 183 Å². The Morgan fingerprint density at radius 1 is 0.826 bits per heavy atom. The van der Waals surface area contributed by atoms with Gasteiger partial charge in [-0.3, -0.25) is 29.0 Å². The summed E-state index contributed by atoms with van der Waals surface area (Å²) >= 11 is 0. The van der Waals surface area contributed by atoms with E-state index >= 15 is 0 Å². The van der Waals surface area contributed by atoms with E-state index in [1.165, 1.54) is 17.1 Å². The maximum Gasteiger partial charge on any atom is 0.494 e. The van der Waals surface area contributed by atoms with E-state index in [4.69, 9.17) is 37.3 Å². The lowest BCUT2D eigenvalue weighted by Gasteiger charge is -2.32. The van der Waals surface area contributed by atoms with Gasteiger partial charge in [-0.1, -0.05) is 80.2 Å². The Hall–Kier alpha value is -3.95. The number of fused-ring (bicyclic) bond motifs is 5. The second-order valence-electron chi connectivity index (χ2n) is 10.8. The first-order chi connectivity index (χ1) is 22.7. The maximum absolute atomic E-state index is 12.1. The highest BCUT2D eigenvalue weighted by atomic mass is 16.6. The number of aliphatic hydroxyl groups excluding tert-OH is 2. The van der Waals surface area contributed by atoms with Gasteiger partial charge in [-0.2, -0.15) is 0 Å². The van der Waals surface area contributed by atoms with Gasteiger partial charge < -0.3 is 34.3 Å². The van der Waals surface area contributed by atoms with Crippen LogP contribution in [0.1, 0.15) is 11.8 Å². The van der Waals surface area contributed by atoms with E-state index in [0.29, 0.717) is 18.7 Å². The van der Waals surface area contributed by atoms with Crippen LogP contribution in [-0.2, 0) is 33.2 Å². The van der Waals surface area contributed by atoms with E-state index in [9.17, 15) is 19.2 Å². The minimum absolute atomic E-state index is 0. The van der Waals surface area contributed by atoms with Crippen molar-refractivity contribution in [2.24, 2.45) is 11.8 Å². The first-order valence-electron chi connectivity index (χ1n) is 15.4. The molecule has 3 fully saturated rings. The lowest BCUT2D eigenvalue weighted by Crippen LogP contribution is -2.54. The zero-order chi connectivity index (χ0) is 34.1. The van der Waals surface area contributed by atoms with Crippen molar-refractivity contribution in [3.05, 3.63) is 85.0 Å². The summed E-state index contributed by atoms with van der Waals surface area (Å²) in [4.78, 5) is 49.5. The molecule has 0 radical (unpaired) electrons. The number of likely N-dealkylation sites (tertiary alicyclic amines) is 1. The summed E-state index contributed by atoms with van der Waals surface area (Å²) in [5.74, 6) is -2.24. The van der Waals surface area contributed by atoms with Gasteiger partial charge in [-0.15, -0.1) is 0 Å². The first kappa shape index (κ1) is 33.4. The van der Waals surface area contributed by atoms with Gasteiger partial charge in [0.15, 0.2) is 0 Å². The fraction of sp³-hybridized carbons (Fsp3) is 0.355. The molecule has 2 aromatic carbocycles. The van der Waals surface area contributed by atoms with E-state index in [1.807, 2.05) is 36.4 Å². The molecule has 5 aliphatic heterocycles. The number of nitrogens with zero attached hydrogens (tertiary/aromatic N) is 2. The minimum Gasteiger partial charge on any atom is -0.423 e. The van der Waals surface area contributed by atoms with Gasteiger partial charge in [0.25, 0.3) is 11.8 Å². The summed E-state index contributed by atoms with van der Waals surface area (Å²) < 4.78 is 26.7. The molecule has 5 heterocycles. The number of aliphatic hydroxyl groups is 2. The molecule has 4 unspecified atom stereocenters. The van der Waals surface area contributed by atoms with Crippen molar-refractivity contribution in [1.82, 2.24) is 9.80 Å². The van der Waals surface area contributed by atoms with Crippen molar-refractivity contribution in [2.45, 2.75) is 31.7 Å². The second kappa shape index (κ2) is 15.6. The minimum atomic E-state index is -1.34. The van der Waals surface area contributed by atoms with Crippen molar-refractivity contribution in [3.8, 4) is 0 Å². The predicted octanol–water partition coefficient (Wildman–Crippen LogP) is -1.51. The van der Waals surface area contributed by atoms with Crippen LogP contribution in [0.3, 0.4) is 0 Å². The summed E-state index contributed by atoms with van der Waals surface area (Å²) in [5.41, 5.74) is 1.45. The van der Waals surface area contributed by atoms with E-state index in [1.54, 1.807) is 36.4 Å². The fourth-order valence-electron chi connectivity index (χ4n) is 5.75. The highest BCUT2D eigenvalue weighted by Crippen LogP contribution is 2.45. The average Bonchev–Trinajstić information content (AvgIpc) is 3.88. The maximum atomic E-state index is 12.1. The highest BCUT2D eigenvalue weighted by Gasteiger charge is 2.61. The van der Waals surface area contributed by atoms with E-state index in [0.717, 1.165) is 10.4 Å². The van der Waals surface area contributed by atoms with Gasteiger partial charge in [-0.25, -0.2) is 0 Å². The Morgan fingerprint density at radius 2 is 1.30 bits per heavy atom. The quantitative estimate of drug-likeness (QED) is 0.164. The number of benzene rings is 2. The van der Waals surface area contributed by atoms with Crippen molar-refractivity contribution < 1.29 is 57.9 Å². The van der Waals surface area contributed by atoms with Crippen LogP contribution < -0.4 is 10.9 Å². The van der Waals surface area contributed by atoms with Crippen LogP contribution >= 0.6 is 0 Å². The summed E-state index contributed by atoms with van der Waals surface area (Å²) in [6.45, 7) is -0.258. The van der Waals surface area contributed by atoms with Crippen LogP contribution in [0.5, 0.6) is 0 Å². The van der Waals surface area contributed by atoms with Gasteiger partial charge in [0.1, 0.15) is 0 Å². The number of amides is 4. The Morgan fingerprint density at radius 3 is 1.74 bits per heavy atom. The zero-order valence-electron chi connectivity index (χ0n) is 26.1. The fourth-order valence-corrected chi connectivity index (χ4v) is 5.75. The monoisotopic (exact) mass is 641 g/mol. The number of hydrogen-bond donors (Lipinski definition) is 4. The van der Waals surface area contributed by atoms with Gasteiger partial charge in [0.2, 0.25) is 11.8 Å². The van der Waals surface area contributed by atoms with E-state index < -0.39 is 45.3 Å². The third kappa shape index (κ3) is 7.21. The lowest BCUT2D eigenvalue weighted by molar-refractivity contribution is -0.147. The van der Waals surface area contributed by atoms with Crippen LogP contribution in [0.25, 0.3) is 0 Å². The molecule has 0 saturated carbocycles. The molecule has 246 valence electrons. The van der Waals surface area contributed by atoms with Crippen molar-refractivity contribution in [2.75, 3.05) is 26.4 Å². The van der Waals surface area contributed by atoms with Crippen LogP contribution in [0.4, 0.5) is 0 Å². The van der Waals surface area contributed by atoms with Crippen molar-refractivity contribution in [3.63, 3.8) is 0 Å². The molecule has 13 nitrogen and oxygen atoms in total. The molecule has 4 amide bonds. The largest absolute Gasteiger partial charge is 0.494 e. The molecule has 4 N–H and O–H groups in total. The van der Waals surface area contributed by atoms with E-state index in [-0.39, 0.29) is 50.7 Å². The molecule has 0 aromatic heterocycles. The third-order valence-corrected chi connectivity index (χ3v) is 7.99. The second-order valence-corrected chi connectivity index (χ2v) is 10.8. The lowest BCUT2D eigenvalue weighted by atomic mass is 9.78. The number of ether oxygens (including phenoxy) is 1. The SMILES string of the molecule is C.O=C1C2C3C=CC(O3)C2C(=O)N1C(CO)CO.O=C1C=CC(=O)N1C1COB(c2ccccc2)OC1.OB(O)c1ccccc1.[2HH].[2H][2H]. The average molecular weight is 641 g/mol. The highest BCUT2D eigenvalue weighted by molar-refractivity contribution is 6.61. The summed E-state index contributed by atoms with van der Waals surface area (Å²) in [5, 5.41) is 35.3. The van der Waals surface area contributed by atoms with Crippen molar-refractivity contribution >= 4 is 48.8 Å². The third-order valence-electron chi connectivity index (χ3n) is 7.99. The molecule has 46 heavy (non-hydrogen) atoms. The predicted molar refractivity (Wildman–Crippen MR) is 170 cm³/mol. The van der Waals surface area contributed by atoms with Crippen LogP contribution in [0.15, 0.2) is 85.0 Å². The van der Waals surface area contributed by atoms with Crippen molar-refractivity contribution in [1.29, 1.82) is 0 Å². The number of rotatable bonds is 6. The summed E-state index contributed by atoms with van der Waals surface area (Å²) in [6, 6.07) is 17.0. The Labute approximate surface area is 271 Å². The molecule has 2 bridgehead atoms. The van der Waals surface area contributed by atoms with Crippen LogP contribution in [0.2, 0.25) is 0 Å². The molecule has 0 aliphatic carbocycles. The molecular weight excluding hydrogens is 598 g/mol. The Balaban J connectivity index is 0.000000257. The van der Waals surface area contributed by atoms with E-state index in [2.05, 4.69) is 0 Å². The first-order valence-corrected chi connectivity index (χ1v) is 14.4. The van der Waals surface area contributed by atoms with Gasteiger partial charge in [0, 0.05) is 16.5 Å². The van der Waals surface area contributed by atoms with Gasteiger partial charge in [0.05, 0.1) is 62.6 Å². The molecule has 5 aliphatic rings. The normalized spacial score (nSPS) is 24.7. The zero-order valence-corrected chi connectivity index (χ0v) is 24.1. The summed E-state index contributed by atoms with van der Waals surface area (Å²) in [7, 11) is -1.77. The van der Waals surface area contributed by atoms with Gasteiger partial charge >= 0.3 is 14.2 Å². The number of carbonyl (C=O) groups is 4. The van der Waals surface area contributed by atoms with Gasteiger partial charge in [-0.05, 0) is 10.9 Å². The number of imide groups is 2.